The number of alkyl halides is 1. The Morgan fingerprint density at radius 2 is 1.42 bits per heavy atom. The lowest BCUT2D eigenvalue weighted by Crippen LogP contribution is -2.54. The summed E-state index contributed by atoms with van der Waals surface area (Å²) in [6.07, 6.45) is 9.06. The summed E-state index contributed by atoms with van der Waals surface area (Å²) >= 11 is 0. The standard InChI is InChI=1S/C47H53FN8O8/c1-5-29-23-38(56(41(29)48)45(58)40(54-47(60)62-4)31-14-18-64-19-15-31)43-49-24-35(51-43)11-7-28-6-8-33-22-34(10-9-32(33)21-28)36-25-50-42(52-36)37-20-27(2)26-55(37)44(57)39(53-46(59)61-3)30-12-16-63-17-13-30/h1,6,8-10,21-22,24-25,27,29-31,37-41H,12-20,23,26H2,2-4H3,(H,49,51)(H,50,52)(H,53,59)(H,54,60)/t27-,29+,37-,38-,39-,40-,41-/m0/s1. The summed E-state index contributed by atoms with van der Waals surface area (Å²) < 4.78 is 36.6. The molecule has 336 valence electrons. The van der Waals surface area contributed by atoms with Crippen LogP contribution >= 0.6 is 0 Å². The van der Waals surface area contributed by atoms with E-state index in [4.69, 9.17) is 30.4 Å². The highest BCUT2D eigenvalue weighted by Crippen LogP contribution is 2.41. The van der Waals surface area contributed by atoms with Crippen LogP contribution in [0.2, 0.25) is 0 Å². The van der Waals surface area contributed by atoms with Gasteiger partial charge in [-0.25, -0.2) is 23.9 Å². The van der Waals surface area contributed by atoms with Crippen LogP contribution < -0.4 is 10.6 Å². The molecule has 2 aromatic carbocycles. The largest absolute Gasteiger partial charge is 0.453 e. The smallest absolute Gasteiger partial charge is 0.407 e. The number of carbonyl (C=O) groups excluding carboxylic acids is 4. The number of aromatic amines is 2. The predicted molar refractivity (Wildman–Crippen MR) is 231 cm³/mol. The monoisotopic (exact) mass is 876 g/mol. The van der Waals surface area contributed by atoms with E-state index in [9.17, 15) is 19.2 Å². The van der Waals surface area contributed by atoms with Crippen LogP contribution in [-0.2, 0) is 28.5 Å². The van der Waals surface area contributed by atoms with Crippen molar-refractivity contribution in [3.05, 3.63) is 71.7 Å². The average Bonchev–Trinajstić information content (AvgIpc) is 4.15. The van der Waals surface area contributed by atoms with Crippen LogP contribution in [-0.4, -0.2) is 119 Å². The summed E-state index contributed by atoms with van der Waals surface area (Å²) in [6, 6.07) is 9.12. The van der Waals surface area contributed by atoms with Gasteiger partial charge in [0.15, 0.2) is 6.30 Å². The van der Waals surface area contributed by atoms with Crippen LogP contribution in [0.25, 0.3) is 22.0 Å². The maximum absolute atomic E-state index is 15.9. The molecule has 4 saturated heterocycles. The molecule has 8 rings (SSSR count). The van der Waals surface area contributed by atoms with E-state index in [1.54, 1.807) is 12.4 Å². The molecule has 0 spiro atoms. The van der Waals surface area contributed by atoms with E-state index in [2.05, 4.69) is 56.3 Å². The van der Waals surface area contributed by atoms with Crippen molar-refractivity contribution in [2.75, 3.05) is 47.2 Å². The molecule has 16 nitrogen and oxygen atoms in total. The third-order valence-electron chi connectivity index (χ3n) is 12.9. The summed E-state index contributed by atoms with van der Waals surface area (Å²) in [5.41, 5.74) is 2.96. The fraction of sp³-hybridized carbons (Fsp3) is 0.489. The van der Waals surface area contributed by atoms with E-state index >= 15 is 4.39 Å². The van der Waals surface area contributed by atoms with Crippen molar-refractivity contribution in [3.8, 4) is 35.4 Å². The molecule has 64 heavy (non-hydrogen) atoms. The van der Waals surface area contributed by atoms with Gasteiger partial charge in [-0.15, -0.1) is 6.42 Å². The number of imidazole rings is 2. The SMILES string of the molecule is C#C[C@@H]1C[C@@H](c2ncc(C#Cc3ccc4cc(-c5cnc([C@@H]6C[C@H](C)CN6C(=O)[C@@H](NC(=O)OC)C6CCOCC6)[nH]5)ccc4c3)[nH]2)N(C(=O)[C@@H](NC(=O)OC)C2CCOCC2)[C@@H]1F. The molecular weight excluding hydrogens is 824 g/mol. The first-order valence-electron chi connectivity index (χ1n) is 21.8. The van der Waals surface area contributed by atoms with Crippen molar-refractivity contribution in [1.29, 1.82) is 0 Å². The van der Waals surface area contributed by atoms with E-state index in [0.717, 1.165) is 38.9 Å². The summed E-state index contributed by atoms with van der Waals surface area (Å²) in [5, 5.41) is 7.39. The fourth-order valence-electron chi connectivity index (χ4n) is 9.47. The lowest BCUT2D eigenvalue weighted by Gasteiger charge is -2.35. The number of fused-ring (bicyclic) bond motifs is 1. The van der Waals surface area contributed by atoms with Gasteiger partial charge in [0, 0.05) is 44.1 Å². The number of halogens is 1. The summed E-state index contributed by atoms with van der Waals surface area (Å²) in [4.78, 5) is 71.7. The van der Waals surface area contributed by atoms with Gasteiger partial charge < -0.3 is 44.4 Å². The maximum Gasteiger partial charge on any atom is 0.407 e. The number of nitrogens with one attached hydrogen (secondary N) is 4. The first-order chi connectivity index (χ1) is 31.0. The van der Waals surface area contributed by atoms with Gasteiger partial charge in [0.05, 0.1) is 50.3 Å². The number of H-pyrrole nitrogens is 2. The minimum atomic E-state index is -1.78. The van der Waals surface area contributed by atoms with Crippen molar-refractivity contribution < 1.29 is 42.5 Å². The first-order valence-corrected chi connectivity index (χ1v) is 21.8. The number of hydrogen-bond donors (Lipinski definition) is 4. The van der Waals surface area contributed by atoms with Gasteiger partial charge in [-0.3, -0.25) is 14.5 Å². The minimum absolute atomic E-state index is 0.0614. The third kappa shape index (κ3) is 9.42. The Labute approximate surface area is 370 Å². The number of rotatable bonds is 9. The summed E-state index contributed by atoms with van der Waals surface area (Å²) in [7, 11) is 2.50. The molecule has 4 aliphatic heterocycles. The van der Waals surface area contributed by atoms with E-state index in [0.29, 0.717) is 76.0 Å². The van der Waals surface area contributed by atoms with Crippen LogP contribution in [0.15, 0.2) is 48.8 Å². The van der Waals surface area contributed by atoms with Gasteiger partial charge in [0.2, 0.25) is 11.8 Å². The topological polar surface area (TPSA) is 193 Å². The van der Waals surface area contributed by atoms with Gasteiger partial charge in [-0.2, -0.15) is 0 Å². The Morgan fingerprint density at radius 1 is 0.812 bits per heavy atom. The number of hydrogen-bond acceptors (Lipinski definition) is 10. The normalized spacial score (nSPS) is 23.7. The molecule has 0 saturated carbocycles. The zero-order valence-corrected chi connectivity index (χ0v) is 36.1. The number of ether oxygens (including phenoxy) is 4. The average molecular weight is 877 g/mol. The van der Waals surface area contributed by atoms with E-state index in [-0.39, 0.29) is 36.1 Å². The van der Waals surface area contributed by atoms with Gasteiger partial charge in [-0.1, -0.05) is 37.0 Å². The molecule has 17 heteroatoms. The molecule has 0 unspecified atom stereocenters. The van der Waals surface area contributed by atoms with Gasteiger partial charge >= 0.3 is 12.2 Å². The summed E-state index contributed by atoms with van der Waals surface area (Å²) in [6.45, 7) is 4.57. The Bertz CT molecular complexity index is 2460. The Morgan fingerprint density at radius 3 is 2.08 bits per heavy atom. The van der Waals surface area contributed by atoms with Crippen LogP contribution in [0.1, 0.15) is 80.4 Å². The van der Waals surface area contributed by atoms with Crippen molar-refractivity contribution in [2.45, 2.75) is 75.9 Å². The summed E-state index contributed by atoms with van der Waals surface area (Å²) in [5.74, 6) is 8.08. The predicted octanol–water partition coefficient (Wildman–Crippen LogP) is 5.38. The van der Waals surface area contributed by atoms with E-state index < -0.39 is 48.4 Å². The number of amides is 4. The van der Waals surface area contributed by atoms with Crippen molar-refractivity contribution in [1.82, 2.24) is 40.4 Å². The Kier molecular flexibility index (Phi) is 13.5. The zero-order chi connectivity index (χ0) is 44.9. The number of alkyl carbamates (subject to hydrolysis) is 2. The number of terminal acetylenes is 1. The number of nitrogens with zero attached hydrogens (tertiary/aromatic N) is 4. The third-order valence-corrected chi connectivity index (χ3v) is 12.9. The molecule has 4 aliphatic rings. The molecule has 4 amide bonds. The molecule has 0 bridgehead atoms. The molecular formula is C47H53FN8O8. The van der Waals surface area contributed by atoms with Crippen LogP contribution in [0.4, 0.5) is 14.0 Å². The highest BCUT2D eigenvalue weighted by atomic mass is 19.1. The second-order valence-electron chi connectivity index (χ2n) is 17.0. The lowest BCUT2D eigenvalue weighted by atomic mass is 9.90. The molecule has 2 aromatic heterocycles. The molecule has 0 aliphatic carbocycles. The van der Waals surface area contributed by atoms with Crippen LogP contribution in [0.3, 0.4) is 0 Å². The molecule has 4 N–H and O–H groups in total. The second-order valence-corrected chi connectivity index (χ2v) is 17.0. The zero-order valence-electron chi connectivity index (χ0n) is 36.1. The van der Waals surface area contributed by atoms with Crippen molar-refractivity contribution >= 4 is 34.8 Å². The van der Waals surface area contributed by atoms with Gasteiger partial charge in [0.25, 0.3) is 0 Å². The first kappa shape index (κ1) is 44.2. The van der Waals surface area contributed by atoms with Crippen molar-refractivity contribution in [2.24, 2.45) is 23.7 Å². The molecule has 6 heterocycles. The second kappa shape index (κ2) is 19.5. The minimum Gasteiger partial charge on any atom is -0.453 e. The quantitative estimate of drug-likeness (QED) is 0.125. The molecule has 4 fully saturated rings. The number of carbonyl (C=O) groups is 4. The number of aromatic nitrogens is 4. The highest BCUT2D eigenvalue weighted by Gasteiger charge is 2.49. The van der Waals surface area contributed by atoms with E-state index in [1.807, 2.05) is 35.2 Å². The van der Waals surface area contributed by atoms with Gasteiger partial charge in [0.1, 0.15) is 29.4 Å². The maximum atomic E-state index is 15.9. The van der Waals surface area contributed by atoms with Gasteiger partial charge in [-0.05, 0) is 91.2 Å². The fourth-order valence-corrected chi connectivity index (χ4v) is 9.47. The van der Waals surface area contributed by atoms with Crippen molar-refractivity contribution in [3.63, 3.8) is 0 Å². The molecule has 4 aromatic rings. The number of benzene rings is 2. The Balaban J connectivity index is 0.965. The lowest BCUT2D eigenvalue weighted by molar-refractivity contribution is -0.142. The van der Waals surface area contributed by atoms with Crippen LogP contribution in [0, 0.1) is 47.9 Å². The van der Waals surface area contributed by atoms with E-state index in [1.165, 1.54) is 14.2 Å². The molecule has 7 atom stereocenters. The van der Waals surface area contributed by atoms with Crippen LogP contribution in [0.5, 0.6) is 0 Å². The number of methoxy groups -OCH3 is 2. The molecule has 0 radical (unpaired) electrons. The Hall–Kier alpha value is -6.43. The number of likely N-dealkylation sites (tertiary alicyclic amines) is 2. The highest BCUT2D eigenvalue weighted by molar-refractivity contribution is 5.89.